The van der Waals surface area contributed by atoms with Crippen molar-refractivity contribution in [2.75, 3.05) is 0 Å². The largest absolute Gasteiger partial charge is 0.490 e. The van der Waals surface area contributed by atoms with Gasteiger partial charge in [-0.15, -0.1) is 0 Å². The first-order valence-corrected chi connectivity index (χ1v) is 11.9. The van der Waals surface area contributed by atoms with Gasteiger partial charge in [0.25, 0.3) is 0 Å². The monoisotopic (exact) mass is 428 g/mol. The number of hydrogen-bond donors (Lipinski definition) is 1. The molecule has 2 aliphatic rings. The fraction of sp³-hybridized carbons (Fsp3) is 0.538. The van der Waals surface area contributed by atoms with Crippen molar-refractivity contribution in [2.24, 2.45) is 0 Å². The summed E-state index contributed by atoms with van der Waals surface area (Å²) in [6.07, 6.45) is 9.40. The van der Waals surface area contributed by atoms with Crippen LogP contribution in [-0.2, 0) is 11.2 Å². The number of aliphatic hydroxyl groups excluding tert-OH is 1. The van der Waals surface area contributed by atoms with Gasteiger partial charge in [0, 0.05) is 11.4 Å². The third kappa shape index (κ3) is 5.57. The topological polar surface area (TPSA) is 38.7 Å². The van der Waals surface area contributed by atoms with E-state index in [1.165, 1.54) is 37.7 Å². The Labute approximate surface area is 185 Å². The minimum absolute atomic E-state index is 0.0685. The quantitative estimate of drug-likeness (QED) is 0.560. The maximum absolute atomic E-state index is 10.2. The van der Waals surface area contributed by atoms with Gasteiger partial charge in [0.05, 0.1) is 24.4 Å². The fourth-order valence-electron chi connectivity index (χ4n) is 4.68. The summed E-state index contributed by atoms with van der Waals surface area (Å²) < 4.78 is 12.4. The Morgan fingerprint density at radius 2 is 1.80 bits per heavy atom. The zero-order valence-corrected chi connectivity index (χ0v) is 18.6. The Morgan fingerprint density at radius 1 is 1.03 bits per heavy atom. The highest BCUT2D eigenvalue weighted by Gasteiger charge is 2.28. The molecule has 3 nitrogen and oxygen atoms in total. The third-order valence-corrected chi connectivity index (χ3v) is 6.82. The molecule has 1 aliphatic heterocycles. The second-order valence-electron chi connectivity index (χ2n) is 8.83. The lowest BCUT2D eigenvalue weighted by atomic mass is 9.93. The molecule has 2 fully saturated rings. The minimum atomic E-state index is -0.301. The summed E-state index contributed by atoms with van der Waals surface area (Å²) in [5.41, 5.74) is 3.40. The van der Waals surface area contributed by atoms with Crippen LogP contribution >= 0.6 is 11.6 Å². The minimum Gasteiger partial charge on any atom is -0.490 e. The van der Waals surface area contributed by atoms with Crippen molar-refractivity contribution < 1.29 is 14.6 Å². The third-order valence-electron chi connectivity index (χ3n) is 6.45. The molecule has 0 amide bonds. The molecule has 0 radical (unpaired) electrons. The molecule has 0 aromatic heterocycles. The van der Waals surface area contributed by atoms with Crippen LogP contribution in [0, 0.1) is 0 Å². The van der Waals surface area contributed by atoms with E-state index in [4.69, 9.17) is 21.1 Å². The standard InChI is InChI=1S/C26H33ClO3/c1-2-22-16-21(28)17-26(30-22)19-10-13-25(27)20(15-19)14-18-8-11-24(12-9-18)29-23-6-4-3-5-7-23/h8-13,15,21-23,26,28H,2-7,14,16-17H2,1H3/t21-,22+,26+/m0/s1. The molecule has 0 bridgehead atoms. The molecule has 1 N–H and O–H groups in total. The molecular formula is C26H33ClO3. The van der Waals surface area contributed by atoms with E-state index in [0.29, 0.717) is 12.5 Å². The van der Waals surface area contributed by atoms with Gasteiger partial charge in [-0.3, -0.25) is 0 Å². The molecule has 1 heterocycles. The van der Waals surface area contributed by atoms with E-state index >= 15 is 0 Å². The van der Waals surface area contributed by atoms with Crippen molar-refractivity contribution in [3.05, 3.63) is 64.2 Å². The Balaban J connectivity index is 1.43. The zero-order valence-electron chi connectivity index (χ0n) is 17.9. The van der Waals surface area contributed by atoms with E-state index in [-0.39, 0.29) is 18.3 Å². The van der Waals surface area contributed by atoms with Crippen LogP contribution in [0.15, 0.2) is 42.5 Å². The van der Waals surface area contributed by atoms with Crippen LogP contribution < -0.4 is 4.74 Å². The molecule has 4 heteroatoms. The molecule has 2 aromatic rings. The fourth-order valence-corrected chi connectivity index (χ4v) is 4.86. The van der Waals surface area contributed by atoms with Crippen molar-refractivity contribution in [2.45, 2.75) is 89.1 Å². The van der Waals surface area contributed by atoms with Gasteiger partial charge in [0.1, 0.15) is 5.75 Å². The Bertz CT molecular complexity index is 814. The Hall–Kier alpha value is -1.55. The van der Waals surface area contributed by atoms with Crippen LogP contribution in [0.5, 0.6) is 5.75 Å². The molecule has 0 unspecified atom stereocenters. The van der Waals surface area contributed by atoms with Gasteiger partial charge < -0.3 is 14.6 Å². The highest BCUT2D eigenvalue weighted by Crippen LogP contribution is 2.34. The maximum atomic E-state index is 10.2. The van der Waals surface area contributed by atoms with E-state index in [2.05, 4.69) is 37.3 Å². The smallest absolute Gasteiger partial charge is 0.119 e. The average molecular weight is 429 g/mol. The van der Waals surface area contributed by atoms with Gasteiger partial charge in [0.2, 0.25) is 0 Å². The van der Waals surface area contributed by atoms with E-state index in [1.54, 1.807) is 0 Å². The highest BCUT2D eigenvalue weighted by atomic mass is 35.5. The predicted molar refractivity (Wildman–Crippen MR) is 121 cm³/mol. The van der Waals surface area contributed by atoms with Crippen LogP contribution in [0.4, 0.5) is 0 Å². The summed E-state index contributed by atoms with van der Waals surface area (Å²) in [6, 6.07) is 14.6. The summed E-state index contributed by atoms with van der Waals surface area (Å²) >= 11 is 6.51. The molecule has 2 aromatic carbocycles. The second-order valence-corrected chi connectivity index (χ2v) is 9.24. The van der Waals surface area contributed by atoms with Crippen molar-refractivity contribution in [1.82, 2.24) is 0 Å². The summed E-state index contributed by atoms with van der Waals surface area (Å²) in [6.45, 7) is 2.11. The van der Waals surface area contributed by atoms with Crippen molar-refractivity contribution in [3.8, 4) is 5.75 Å². The van der Waals surface area contributed by atoms with Crippen LogP contribution in [0.2, 0.25) is 5.02 Å². The number of aliphatic hydroxyl groups is 1. The lowest BCUT2D eigenvalue weighted by Gasteiger charge is -2.33. The molecule has 0 spiro atoms. The molecule has 162 valence electrons. The number of ether oxygens (including phenoxy) is 2. The van der Waals surface area contributed by atoms with Crippen LogP contribution in [0.25, 0.3) is 0 Å². The van der Waals surface area contributed by atoms with Gasteiger partial charge in [-0.05, 0) is 79.8 Å². The summed E-state index contributed by atoms with van der Waals surface area (Å²) in [7, 11) is 0. The average Bonchev–Trinajstić information content (AvgIpc) is 2.77. The molecule has 4 rings (SSSR count). The van der Waals surface area contributed by atoms with Gasteiger partial charge in [-0.2, -0.15) is 0 Å². The van der Waals surface area contributed by atoms with E-state index in [1.807, 2.05) is 12.1 Å². The van der Waals surface area contributed by atoms with Crippen LogP contribution in [-0.4, -0.2) is 23.4 Å². The van der Waals surface area contributed by atoms with E-state index < -0.39 is 0 Å². The number of hydrogen-bond acceptors (Lipinski definition) is 3. The van der Waals surface area contributed by atoms with Crippen molar-refractivity contribution in [1.29, 1.82) is 0 Å². The molecule has 30 heavy (non-hydrogen) atoms. The highest BCUT2D eigenvalue weighted by molar-refractivity contribution is 6.31. The number of rotatable bonds is 6. The molecular weight excluding hydrogens is 396 g/mol. The van der Waals surface area contributed by atoms with Gasteiger partial charge >= 0.3 is 0 Å². The van der Waals surface area contributed by atoms with Crippen LogP contribution in [0.1, 0.15) is 81.1 Å². The Morgan fingerprint density at radius 3 is 2.53 bits per heavy atom. The number of halogens is 1. The SMILES string of the molecule is CC[C@@H]1C[C@H](O)C[C@H](c2ccc(Cl)c(Cc3ccc(OC4CCCCC4)cc3)c2)O1. The zero-order chi connectivity index (χ0) is 20.9. The van der Waals surface area contributed by atoms with Gasteiger partial charge in [0.15, 0.2) is 0 Å². The summed E-state index contributed by atoms with van der Waals surface area (Å²) in [5, 5.41) is 11.0. The first kappa shape index (κ1) is 21.7. The molecule has 1 saturated carbocycles. The normalized spacial score (nSPS) is 25.2. The molecule has 1 aliphatic carbocycles. The predicted octanol–water partition coefficient (Wildman–Crippen LogP) is 6.63. The van der Waals surface area contributed by atoms with Crippen molar-refractivity contribution >= 4 is 11.6 Å². The van der Waals surface area contributed by atoms with E-state index in [0.717, 1.165) is 41.2 Å². The molecule has 1 saturated heterocycles. The lowest BCUT2D eigenvalue weighted by molar-refractivity contribution is -0.0983. The van der Waals surface area contributed by atoms with Gasteiger partial charge in [-0.1, -0.05) is 49.2 Å². The number of benzene rings is 2. The van der Waals surface area contributed by atoms with E-state index in [9.17, 15) is 5.11 Å². The lowest BCUT2D eigenvalue weighted by Crippen LogP contribution is -2.30. The maximum Gasteiger partial charge on any atom is 0.119 e. The first-order valence-electron chi connectivity index (χ1n) is 11.5. The van der Waals surface area contributed by atoms with Gasteiger partial charge in [-0.25, -0.2) is 0 Å². The first-order chi connectivity index (χ1) is 14.6. The summed E-state index contributed by atoms with van der Waals surface area (Å²) in [5.74, 6) is 0.959. The van der Waals surface area contributed by atoms with Crippen molar-refractivity contribution in [3.63, 3.8) is 0 Å². The summed E-state index contributed by atoms with van der Waals surface area (Å²) in [4.78, 5) is 0. The second kappa shape index (κ2) is 10.2. The molecule has 3 atom stereocenters. The Kier molecular flexibility index (Phi) is 7.35. The van der Waals surface area contributed by atoms with Crippen LogP contribution in [0.3, 0.4) is 0 Å².